The van der Waals surface area contributed by atoms with E-state index < -0.39 is 0 Å². The average molecular weight is 300 g/mol. The van der Waals surface area contributed by atoms with Crippen LogP contribution >= 0.6 is 15.9 Å². The van der Waals surface area contributed by atoms with Gasteiger partial charge < -0.3 is 16.4 Å². The number of hydrogen-bond donors (Lipinski definition) is 3. The van der Waals surface area contributed by atoms with Gasteiger partial charge in [-0.15, -0.1) is 0 Å². The van der Waals surface area contributed by atoms with Gasteiger partial charge in [0, 0.05) is 10.2 Å². The minimum absolute atomic E-state index is 0.0814. The van der Waals surface area contributed by atoms with E-state index >= 15 is 0 Å². The highest BCUT2D eigenvalue weighted by molar-refractivity contribution is 9.10. The molecule has 1 aromatic carbocycles. The van der Waals surface area contributed by atoms with Crippen molar-refractivity contribution < 1.29 is 9.59 Å². The van der Waals surface area contributed by atoms with Crippen LogP contribution in [0.1, 0.15) is 5.56 Å². The Labute approximate surface area is 108 Å². The van der Waals surface area contributed by atoms with Crippen LogP contribution in [-0.2, 0) is 9.59 Å². The summed E-state index contributed by atoms with van der Waals surface area (Å²) < 4.78 is 0.918. The van der Waals surface area contributed by atoms with Gasteiger partial charge in [0.05, 0.1) is 13.1 Å². The van der Waals surface area contributed by atoms with Gasteiger partial charge >= 0.3 is 0 Å². The van der Waals surface area contributed by atoms with E-state index in [0.717, 1.165) is 10.0 Å². The molecule has 4 N–H and O–H groups in total. The van der Waals surface area contributed by atoms with Crippen molar-refractivity contribution in [1.82, 2.24) is 5.32 Å². The summed E-state index contributed by atoms with van der Waals surface area (Å²) in [5, 5.41) is 5.10. The lowest BCUT2D eigenvalue weighted by Gasteiger charge is -2.09. The molecule has 0 spiro atoms. The quantitative estimate of drug-likeness (QED) is 0.768. The van der Waals surface area contributed by atoms with E-state index in [1.54, 1.807) is 6.07 Å². The Morgan fingerprint density at radius 3 is 2.71 bits per heavy atom. The Kier molecular flexibility index (Phi) is 5.11. The highest BCUT2D eigenvalue weighted by Crippen LogP contribution is 2.23. The smallest absolute Gasteiger partial charge is 0.243 e. The van der Waals surface area contributed by atoms with E-state index in [1.807, 2.05) is 19.1 Å². The van der Waals surface area contributed by atoms with E-state index in [-0.39, 0.29) is 24.9 Å². The Balaban J connectivity index is 2.56. The summed E-state index contributed by atoms with van der Waals surface area (Å²) in [5.74, 6) is -0.640. The summed E-state index contributed by atoms with van der Waals surface area (Å²) in [7, 11) is 0. The first-order valence-corrected chi connectivity index (χ1v) is 5.85. The SMILES string of the molecule is Cc1c(Br)cccc1NC(=O)CNC(=O)CN. The van der Waals surface area contributed by atoms with Crippen LogP contribution in [0.15, 0.2) is 22.7 Å². The van der Waals surface area contributed by atoms with Crippen molar-refractivity contribution in [3.63, 3.8) is 0 Å². The number of amides is 2. The molecule has 0 radical (unpaired) electrons. The molecular formula is C11H14BrN3O2. The van der Waals surface area contributed by atoms with Crippen molar-refractivity contribution in [1.29, 1.82) is 0 Å². The fourth-order valence-electron chi connectivity index (χ4n) is 1.19. The summed E-state index contributed by atoms with van der Waals surface area (Å²) in [4.78, 5) is 22.4. The molecular weight excluding hydrogens is 286 g/mol. The van der Waals surface area contributed by atoms with E-state index in [1.165, 1.54) is 0 Å². The number of nitrogens with two attached hydrogens (primary N) is 1. The van der Waals surface area contributed by atoms with E-state index in [9.17, 15) is 9.59 Å². The first kappa shape index (κ1) is 13.7. The maximum absolute atomic E-state index is 11.5. The normalized spacial score (nSPS) is 9.82. The fraction of sp³-hybridized carbons (Fsp3) is 0.273. The molecule has 0 aliphatic carbocycles. The second-order valence-electron chi connectivity index (χ2n) is 3.44. The topological polar surface area (TPSA) is 84.2 Å². The van der Waals surface area contributed by atoms with Crippen molar-refractivity contribution >= 4 is 33.4 Å². The van der Waals surface area contributed by atoms with Crippen LogP contribution in [0.3, 0.4) is 0 Å². The first-order chi connectivity index (χ1) is 8.04. The summed E-state index contributed by atoms with van der Waals surface area (Å²) in [5.41, 5.74) is 6.76. The van der Waals surface area contributed by atoms with Crippen LogP contribution in [0.25, 0.3) is 0 Å². The predicted molar refractivity (Wildman–Crippen MR) is 69.6 cm³/mol. The van der Waals surface area contributed by atoms with Crippen molar-refractivity contribution in [2.24, 2.45) is 5.73 Å². The molecule has 0 bridgehead atoms. The molecule has 0 saturated carbocycles. The van der Waals surface area contributed by atoms with Gasteiger partial charge in [0.15, 0.2) is 0 Å². The zero-order valence-corrected chi connectivity index (χ0v) is 11.0. The number of anilines is 1. The number of halogens is 1. The van der Waals surface area contributed by atoms with Gasteiger partial charge in [-0.05, 0) is 24.6 Å². The summed E-state index contributed by atoms with van der Waals surface area (Å²) >= 11 is 3.37. The van der Waals surface area contributed by atoms with Crippen LogP contribution in [0.4, 0.5) is 5.69 Å². The molecule has 1 aromatic rings. The zero-order valence-electron chi connectivity index (χ0n) is 9.42. The number of carbonyl (C=O) groups excluding carboxylic acids is 2. The third-order valence-corrected chi connectivity index (χ3v) is 3.03. The van der Waals surface area contributed by atoms with E-state index in [2.05, 4.69) is 26.6 Å². The second kappa shape index (κ2) is 6.36. The maximum atomic E-state index is 11.5. The largest absolute Gasteiger partial charge is 0.346 e. The lowest BCUT2D eigenvalue weighted by molar-refractivity contribution is -0.123. The zero-order chi connectivity index (χ0) is 12.8. The second-order valence-corrected chi connectivity index (χ2v) is 4.30. The lowest BCUT2D eigenvalue weighted by atomic mass is 10.2. The molecule has 0 aliphatic rings. The van der Waals surface area contributed by atoms with Crippen molar-refractivity contribution in [2.45, 2.75) is 6.92 Å². The average Bonchev–Trinajstić information content (AvgIpc) is 2.32. The molecule has 92 valence electrons. The minimum atomic E-state index is -0.355. The van der Waals surface area contributed by atoms with Gasteiger partial charge in [0.2, 0.25) is 11.8 Å². The van der Waals surface area contributed by atoms with Gasteiger partial charge in [-0.1, -0.05) is 22.0 Å². The monoisotopic (exact) mass is 299 g/mol. The van der Waals surface area contributed by atoms with Crippen molar-refractivity contribution in [3.8, 4) is 0 Å². The number of nitrogens with one attached hydrogen (secondary N) is 2. The fourth-order valence-corrected chi connectivity index (χ4v) is 1.55. The van der Waals surface area contributed by atoms with Gasteiger partial charge in [-0.3, -0.25) is 9.59 Å². The van der Waals surface area contributed by atoms with Crippen molar-refractivity contribution in [3.05, 3.63) is 28.2 Å². The highest BCUT2D eigenvalue weighted by atomic mass is 79.9. The Morgan fingerprint density at radius 1 is 1.35 bits per heavy atom. The first-order valence-electron chi connectivity index (χ1n) is 5.06. The Hall–Kier alpha value is -1.40. The van der Waals surface area contributed by atoms with Gasteiger partial charge in [-0.25, -0.2) is 0 Å². The molecule has 0 unspecified atom stereocenters. The van der Waals surface area contributed by atoms with Crippen LogP contribution in [0, 0.1) is 6.92 Å². The predicted octanol–water partition coefficient (Wildman–Crippen LogP) is 0.771. The van der Waals surface area contributed by atoms with Crippen molar-refractivity contribution in [2.75, 3.05) is 18.4 Å². The summed E-state index contributed by atoms with van der Waals surface area (Å²) in [6, 6.07) is 5.51. The highest BCUT2D eigenvalue weighted by Gasteiger charge is 2.07. The molecule has 5 nitrogen and oxygen atoms in total. The molecule has 0 aliphatic heterocycles. The lowest BCUT2D eigenvalue weighted by Crippen LogP contribution is -2.36. The number of benzene rings is 1. The Morgan fingerprint density at radius 2 is 2.06 bits per heavy atom. The molecule has 17 heavy (non-hydrogen) atoms. The van der Waals surface area contributed by atoms with E-state index in [4.69, 9.17) is 5.73 Å². The van der Waals surface area contributed by atoms with Gasteiger partial charge in [-0.2, -0.15) is 0 Å². The summed E-state index contributed by atoms with van der Waals surface area (Å²) in [6.45, 7) is 1.68. The minimum Gasteiger partial charge on any atom is -0.346 e. The molecule has 0 atom stereocenters. The van der Waals surface area contributed by atoms with Crippen LogP contribution in [0.5, 0.6) is 0 Å². The molecule has 0 saturated heterocycles. The van der Waals surface area contributed by atoms with Crippen LogP contribution < -0.4 is 16.4 Å². The third-order valence-electron chi connectivity index (χ3n) is 2.17. The molecule has 0 aromatic heterocycles. The Bertz CT molecular complexity index is 435. The van der Waals surface area contributed by atoms with Crippen LogP contribution in [-0.4, -0.2) is 24.9 Å². The molecule has 0 fully saturated rings. The molecule has 1 rings (SSSR count). The van der Waals surface area contributed by atoms with Gasteiger partial charge in [0.25, 0.3) is 0 Å². The van der Waals surface area contributed by atoms with E-state index in [0.29, 0.717) is 5.69 Å². The third kappa shape index (κ3) is 4.16. The maximum Gasteiger partial charge on any atom is 0.243 e. The molecule has 2 amide bonds. The van der Waals surface area contributed by atoms with Gasteiger partial charge in [0.1, 0.15) is 0 Å². The molecule has 0 heterocycles. The number of carbonyl (C=O) groups is 2. The molecule has 6 heteroatoms. The number of hydrogen-bond acceptors (Lipinski definition) is 3. The standard InChI is InChI=1S/C11H14BrN3O2/c1-7-8(12)3-2-4-9(7)15-11(17)6-14-10(16)5-13/h2-4H,5-6,13H2,1H3,(H,14,16)(H,15,17). The summed E-state index contributed by atoms with van der Waals surface area (Å²) in [6.07, 6.45) is 0. The number of rotatable bonds is 4. The van der Waals surface area contributed by atoms with Crippen LogP contribution in [0.2, 0.25) is 0 Å².